The van der Waals surface area contributed by atoms with E-state index in [0.717, 1.165) is 48.8 Å². The van der Waals surface area contributed by atoms with Gasteiger partial charge in [0.25, 0.3) is 0 Å². The number of amides is 2. The highest BCUT2D eigenvalue weighted by Gasteiger charge is 2.47. The van der Waals surface area contributed by atoms with Gasteiger partial charge in [0, 0.05) is 57.4 Å². The molecule has 2 amide bonds. The number of aromatic nitrogens is 4. The van der Waals surface area contributed by atoms with E-state index in [-0.39, 0.29) is 23.5 Å². The number of piperidine rings is 1. The molecule has 6 heterocycles. The van der Waals surface area contributed by atoms with Gasteiger partial charge in [-0.25, -0.2) is 19.7 Å². The van der Waals surface area contributed by atoms with Crippen LogP contribution in [0.15, 0.2) is 46.7 Å². The van der Waals surface area contributed by atoms with E-state index in [2.05, 4.69) is 25.9 Å². The van der Waals surface area contributed by atoms with Crippen molar-refractivity contribution in [2.45, 2.75) is 41.3 Å². The molecule has 0 bridgehead atoms. The summed E-state index contributed by atoms with van der Waals surface area (Å²) in [7, 11) is 1.63. The van der Waals surface area contributed by atoms with Crippen LogP contribution in [0.2, 0.25) is 0 Å². The number of nitrogen functional groups attached to an aromatic ring is 1. The number of urea groups is 1. The van der Waals surface area contributed by atoms with Crippen molar-refractivity contribution in [3.63, 3.8) is 0 Å². The summed E-state index contributed by atoms with van der Waals surface area (Å²) in [5, 5.41) is 0.579. The zero-order valence-electron chi connectivity index (χ0n) is 22.9. The Morgan fingerprint density at radius 2 is 2.05 bits per heavy atom. The highest BCUT2D eigenvalue weighted by molar-refractivity contribution is 7.99. The van der Waals surface area contributed by atoms with Crippen molar-refractivity contribution in [1.82, 2.24) is 24.8 Å². The fraction of sp³-hybridized carbons (Fsp3) is 0.464. The van der Waals surface area contributed by atoms with E-state index in [9.17, 15) is 4.79 Å². The highest BCUT2D eigenvalue weighted by atomic mass is 32.2. The summed E-state index contributed by atoms with van der Waals surface area (Å²) in [6, 6.07) is 5.77. The average Bonchev–Trinajstić information content (AvgIpc) is 3.46. The third kappa shape index (κ3) is 4.43. The van der Waals surface area contributed by atoms with Crippen molar-refractivity contribution in [1.29, 1.82) is 0 Å². The standard InChI is InChI=1S/C28H33N9O3S/c1-39-12-11-36-15-17-16-40-22-20(4-8-32-25(22)37(17)27(36)38)41-26-24(30)34-21(14-33-26)35-9-5-28(6-10-35)13-19-18(23(28)29)3-2-7-31-19/h2-4,7-8,14,17,23H,5-6,9-13,15-16,29H2,1H3,(H2,30,34)/t17?,23-/m1/s1. The van der Waals surface area contributed by atoms with Crippen molar-refractivity contribution in [3.05, 3.63) is 48.0 Å². The van der Waals surface area contributed by atoms with Gasteiger partial charge < -0.3 is 30.7 Å². The Kier molecular flexibility index (Phi) is 6.59. The number of carbonyl (C=O) groups is 1. The van der Waals surface area contributed by atoms with Gasteiger partial charge in [-0.15, -0.1) is 0 Å². The lowest BCUT2D eigenvalue weighted by Crippen LogP contribution is -2.44. The Hall–Kier alpha value is -3.68. The Morgan fingerprint density at radius 1 is 1.20 bits per heavy atom. The third-order valence-corrected chi connectivity index (χ3v) is 9.87. The van der Waals surface area contributed by atoms with Gasteiger partial charge in [-0.05, 0) is 42.4 Å². The van der Waals surface area contributed by atoms with E-state index in [1.165, 1.54) is 17.3 Å². The number of pyridine rings is 2. The van der Waals surface area contributed by atoms with Crippen molar-refractivity contribution >= 4 is 35.2 Å². The Balaban J connectivity index is 1.05. The monoisotopic (exact) mass is 575 g/mol. The highest BCUT2D eigenvalue weighted by Crippen LogP contribution is 2.50. The van der Waals surface area contributed by atoms with Gasteiger partial charge in [0.05, 0.1) is 23.7 Å². The van der Waals surface area contributed by atoms with Crippen LogP contribution in [0.4, 0.5) is 22.2 Å². The lowest BCUT2D eigenvalue weighted by molar-refractivity contribution is 0.160. The molecule has 0 radical (unpaired) electrons. The number of anilines is 3. The number of hydrogen-bond donors (Lipinski definition) is 2. The van der Waals surface area contributed by atoms with E-state index in [0.29, 0.717) is 48.7 Å². The first kappa shape index (κ1) is 26.2. The van der Waals surface area contributed by atoms with Crippen LogP contribution in [0.3, 0.4) is 0 Å². The third-order valence-electron chi connectivity index (χ3n) is 8.82. The second-order valence-electron chi connectivity index (χ2n) is 11.1. The van der Waals surface area contributed by atoms with Crippen LogP contribution in [0.1, 0.15) is 30.1 Å². The molecule has 3 aliphatic heterocycles. The summed E-state index contributed by atoms with van der Waals surface area (Å²) in [5.74, 6) is 2.19. The smallest absolute Gasteiger partial charge is 0.326 e. The molecule has 4 N–H and O–H groups in total. The van der Waals surface area contributed by atoms with Crippen LogP contribution >= 0.6 is 11.8 Å². The number of ether oxygens (including phenoxy) is 2. The van der Waals surface area contributed by atoms with Gasteiger partial charge in [0.2, 0.25) is 0 Å². The van der Waals surface area contributed by atoms with Crippen LogP contribution in [-0.4, -0.2) is 83.4 Å². The predicted molar refractivity (Wildman–Crippen MR) is 154 cm³/mol. The fourth-order valence-electron chi connectivity index (χ4n) is 6.53. The minimum Gasteiger partial charge on any atom is -0.486 e. The van der Waals surface area contributed by atoms with Gasteiger partial charge in [-0.3, -0.25) is 9.88 Å². The molecule has 4 aliphatic rings. The van der Waals surface area contributed by atoms with Crippen molar-refractivity contribution in [2.75, 3.05) is 62.0 Å². The molecule has 41 heavy (non-hydrogen) atoms. The molecule has 0 aromatic carbocycles. The van der Waals surface area contributed by atoms with Crippen LogP contribution in [0, 0.1) is 5.41 Å². The van der Waals surface area contributed by atoms with Crippen molar-refractivity contribution in [3.8, 4) is 5.75 Å². The van der Waals surface area contributed by atoms with Gasteiger partial charge >= 0.3 is 6.03 Å². The van der Waals surface area contributed by atoms with E-state index < -0.39 is 0 Å². The molecule has 3 aromatic rings. The molecular formula is C28H33N9O3S. The number of methoxy groups -OCH3 is 1. The van der Waals surface area contributed by atoms with E-state index in [4.69, 9.17) is 25.9 Å². The van der Waals surface area contributed by atoms with E-state index >= 15 is 0 Å². The predicted octanol–water partition coefficient (Wildman–Crippen LogP) is 2.49. The summed E-state index contributed by atoms with van der Waals surface area (Å²) < 4.78 is 11.3. The summed E-state index contributed by atoms with van der Waals surface area (Å²) >= 11 is 1.37. The number of fused-ring (bicyclic) bond motifs is 4. The maximum atomic E-state index is 13.1. The van der Waals surface area contributed by atoms with E-state index in [1.54, 1.807) is 29.3 Å². The molecule has 2 fully saturated rings. The molecule has 1 unspecified atom stereocenters. The molecular weight excluding hydrogens is 542 g/mol. The lowest BCUT2D eigenvalue weighted by Gasteiger charge is -2.42. The normalized spacial score (nSPS) is 22.5. The molecule has 1 aliphatic carbocycles. The molecule has 2 saturated heterocycles. The molecule has 3 aromatic heterocycles. The Bertz CT molecular complexity index is 1480. The Morgan fingerprint density at radius 3 is 2.83 bits per heavy atom. The van der Waals surface area contributed by atoms with Crippen LogP contribution < -0.4 is 26.0 Å². The van der Waals surface area contributed by atoms with Gasteiger partial charge in [0.15, 0.2) is 17.4 Å². The van der Waals surface area contributed by atoms with Crippen LogP contribution in [-0.2, 0) is 11.2 Å². The second kappa shape index (κ2) is 10.3. The first-order chi connectivity index (χ1) is 20.0. The molecule has 1 spiro atoms. The summed E-state index contributed by atoms with van der Waals surface area (Å²) in [6.07, 6.45) is 8.16. The van der Waals surface area contributed by atoms with Crippen molar-refractivity contribution in [2.24, 2.45) is 11.1 Å². The second-order valence-corrected chi connectivity index (χ2v) is 12.1. The number of rotatable bonds is 6. The number of nitrogens with zero attached hydrogens (tertiary/aromatic N) is 7. The molecule has 2 atom stereocenters. The zero-order valence-corrected chi connectivity index (χ0v) is 23.7. The minimum atomic E-state index is -0.0864. The average molecular weight is 576 g/mol. The molecule has 7 rings (SSSR count). The molecule has 12 nitrogen and oxygen atoms in total. The zero-order chi connectivity index (χ0) is 28.1. The minimum absolute atomic E-state index is 0.0105. The lowest BCUT2D eigenvalue weighted by atomic mass is 9.73. The number of nitrogens with two attached hydrogens (primary N) is 2. The molecule has 214 valence electrons. The SMILES string of the molecule is COCCN1CC2COc3c(Sc4ncc(N5CCC6(CC5)Cc5ncccc5[C@H]6N)nc4N)ccnc3N2C1=O. The van der Waals surface area contributed by atoms with Gasteiger partial charge in [0.1, 0.15) is 17.5 Å². The van der Waals surface area contributed by atoms with Gasteiger partial charge in [-0.1, -0.05) is 17.8 Å². The summed E-state index contributed by atoms with van der Waals surface area (Å²) in [6.45, 7) is 3.65. The van der Waals surface area contributed by atoms with Crippen molar-refractivity contribution < 1.29 is 14.3 Å². The number of hydrogen-bond acceptors (Lipinski definition) is 11. The van der Waals surface area contributed by atoms with Gasteiger partial charge in [-0.2, -0.15) is 0 Å². The maximum Gasteiger partial charge on any atom is 0.326 e. The van der Waals surface area contributed by atoms with Crippen LogP contribution in [0.5, 0.6) is 5.75 Å². The Labute approximate surface area is 242 Å². The topological polar surface area (TPSA) is 149 Å². The quantitative estimate of drug-likeness (QED) is 0.446. The fourth-order valence-corrected chi connectivity index (χ4v) is 7.37. The molecule has 0 saturated carbocycles. The van der Waals surface area contributed by atoms with Crippen LogP contribution in [0.25, 0.3) is 0 Å². The largest absolute Gasteiger partial charge is 0.486 e. The summed E-state index contributed by atoms with van der Waals surface area (Å²) in [5.41, 5.74) is 15.5. The van der Waals surface area contributed by atoms with E-state index in [1.807, 2.05) is 18.3 Å². The summed E-state index contributed by atoms with van der Waals surface area (Å²) in [4.78, 5) is 38.1. The maximum absolute atomic E-state index is 13.1. The number of carbonyl (C=O) groups excluding carboxylic acids is 1. The first-order valence-electron chi connectivity index (χ1n) is 13.9. The molecule has 13 heteroatoms. The first-order valence-corrected chi connectivity index (χ1v) is 14.7.